The van der Waals surface area contributed by atoms with E-state index in [2.05, 4.69) is 25.8 Å². The minimum Gasteiger partial charge on any atom is -0.309 e. The molecule has 26 heavy (non-hydrogen) atoms. The first-order valence-corrected chi connectivity index (χ1v) is 9.28. The van der Waals surface area contributed by atoms with Crippen molar-refractivity contribution >= 4 is 46.7 Å². The third-order valence-corrected chi connectivity index (χ3v) is 4.85. The molecule has 0 radical (unpaired) electrons. The fraction of sp³-hybridized carbons (Fsp3) is 0.188. The third kappa shape index (κ3) is 4.32. The molecule has 0 aliphatic rings. The van der Waals surface area contributed by atoms with Crippen molar-refractivity contribution in [1.29, 1.82) is 0 Å². The first kappa shape index (κ1) is 18.6. The van der Waals surface area contributed by atoms with Crippen molar-refractivity contribution in [3.8, 4) is 5.69 Å². The minimum atomic E-state index is -0.276. The SMILES string of the molecule is Cc1ccc(C)c(-n2nnnc2SCC(=O)Nc2ncc(Cl)cc2Cl)c1. The number of benzene rings is 1. The second-order valence-electron chi connectivity index (χ2n) is 5.48. The van der Waals surface area contributed by atoms with Crippen LogP contribution >= 0.6 is 35.0 Å². The van der Waals surface area contributed by atoms with Gasteiger partial charge in [-0.2, -0.15) is 4.68 Å². The average Bonchev–Trinajstić information content (AvgIpc) is 3.06. The third-order valence-electron chi connectivity index (χ3n) is 3.43. The Morgan fingerprint density at radius 3 is 2.85 bits per heavy atom. The number of thioether (sulfide) groups is 1. The van der Waals surface area contributed by atoms with Crippen LogP contribution in [0.1, 0.15) is 11.1 Å². The van der Waals surface area contributed by atoms with Crippen molar-refractivity contribution < 1.29 is 4.79 Å². The van der Waals surface area contributed by atoms with Gasteiger partial charge in [0, 0.05) is 6.20 Å². The number of nitrogens with zero attached hydrogens (tertiary/aromatic N) is 5. The molecule has 7 nitrogen and oxygen atoms in total. The van der Waals surface area contributed by atoms with Crippen LogP contribution in [0.5, 0.6) is 0 Å². The number of rotatable bonds is 5. The molecular formula is C16H14Cl2N6OS. The predicted octanol–water partition coefficient (Wildman–Crippen LogP) is 3.71. The number of tetrazole rings is 1. The molecule has 2 aromatic heterocycles. The van der Waals surface area contributed by atoms with Crippen LogP contribution in [0, 0.1) is 13.8 Å². The number of nitrogens with one attached hydrogen (secondary N) is 1. The summed E-state index contributed by atoms with van der Waals surface area (Å²) in [5.74, 6) is 0.0873. The molecular weight excluding hydrogens is 395 g/mol. The molecule has 0 unspecified atom stereocenters. The lowest BCUT2D eigenvalue weighted by Crippen LogP contribution is -2.16. The summed E-state index contributed by atoms with van der Waals surface area (Å²) in [6.45, 7) is 3.97. The van der Waals surface area contributed by atoms with Gasteiger partial charge in [-0.1, -0.05) is 47.1 Å². The highest BCUT2D eigenvalue weighted by molar-refractivity contribution is 7.99. The summed E-state index contributed by atoms with van der Waals surface area (Å²) in [5, 5.41) is 15.6. The Morgan fingerprint density at radius 1 is 1.27 bits per heavy atom. The molecule has 1 amide bonds. The van der Waals surface area contributed by atoms with E-state index in [-0.39, 0.29) is 22.5 Å². The topological polar surface area (TPSA) is 85.6 Å². The zero-order valence-corrected chi connectivity index (χ0v) is 16.2. The van der Waals surface area contributed by atoms with E-state index in [0.717, 1.165) is 16.8 Å². The Balaban J connectivity index is 1.70. The molecule has 10 heteroatoms. The standard InChI is InChI=1S/C16H14Cl2N6OS/c1-9-3-4-10(2)13(5-9)24-16(21-22-23-24)26-8-14(25)20-15-12(18)6-11(17)7-19-15/h3-7H,8H2,1-2H3,(H,19,20,25). The molecule has 3 rings (SSSR count). The lowest BCUT2D eigenvalue weighted by Gasteiger charge is -2.09. The second kappa shape index (κ2) is 8.03. The summed E-state index contributed by atoms with van der Waals surface area (Å²) in [6, 6.07) is 7.53. The molecule has 0 saturated carbocycles. The van der Waals surface area contributed by atoms with Gasteiger partial charge in [0.15, 0.2) is 5.82 Å². The summed E-state index contributed by atoms with van der Waals surface area (Å²) in [4.78, 5) is 16.2. The summed E-state index contributed by atoms with van der Waals surface area (Å²) in [6.07, 6.45) is 1.41. The molecule has 0 aliphatic carbocycles. The van der Waals surface area contributed by atoms with Gasteiger partial charge < -0.3 is 5.32 Å². The van der Waals surface area contributed by atoms with Gasteiger partial charge in [0.1, 0.15) is 0 Å². The van der Waals surface area contributed by atoms with Gasteiger partial charge in [0.25, 0.3) is 0 Å². The van der Waals surface area contributed by atoms with E-state index in [1.54, 1.807) is 4.68 Å². The van der Waals surface area contributed by atoms with E-state index >= 15 is 0 Å². The van der Waals surface area contributed by atoms with E-state index in [9.17, 15) is 4.79 Å². The fourth-order valence-electron chi connectivity index (χ4n) is 2.17. The molecule has 134 valence electrons. The Kier molecular flexibility index (Phi) is 5.75. The molecule has 1 N–H and O–H groups in total. The molecule has 0 fully saturated rings. The van der Waals surface area contributed by atoms with Crippen LogP contribution in [-0.2, 0) is 4.79 Å². The number of hydrogen-bond donors (Lipinski definition) is 1. The molecule has 0 aliphatic heterocycles. The van der Waals surface area contributed by atoms with E-state index in [0.29, 0.717) is 10.2 Å². The van der Waals surface area contributed by atoms with Gasteiger partial charge in [0.2, 0.25) is 11.1 Å². The highest BCUT2D eigenvalue weighted by Gasteiger charge is 2.14. The van der Waals surface area contributed by atoms with Gasteiger partial charge >= 0.3 is 0 Å². The van der Waals surface area contributed by atoms with Crippen molar-refractivity contribution in [1.82, 2.24) is 25.2 Å². The molecule has 0 saturated heterocycles. The summed E-state index contributed by atoms with van der Waals surface area (Å²) in [7, 11) is 0. The average molecular weight is 409 g/mol. The minimum absolute atomic E-state index is 0.103. The molecule has 2 heterocycles. The smallest absolute Gasteiger partial charge is 0.236 e. The van der Waals surface area contributed by atoms with Crippen molar-refractivity contribution in [2.75, 3.05) is 11.1 Å². The number of aromatic nitrogens is 5. The number of amides is 1. The van der Waals surface area contributed by atoms with Crippen molar-refractivity contribution in [2.45, 2.75) is 19.0 Å². The molecule has 3 aromatic rings. The van der Waals surface area contributed by atoms with Gasteiger partial charge in [-0.05, 0) is 47.5 Å². The van der Waals surface area contributed by atoms with Gasteiger partial charge in [0.05, 0.1) is 21.5 Å². The Morgan fingerprint density at radius 2 is 2.08 bits per heavy atom. The van der Waals surface area contributed by atoms with Crippen LogP contribution in [0.2, 0.25) is 10.0 Å². The van der Waals surface area contributed by atoms with Gasteiger partial charge in [-0.3, -0.25) is 4.79 Å². The first-order chi connectivity index (χ1) is 12.4. The van der Waals surface area contributed by atoms with Crippen LogP contribution in [0.15, 0.2) is 35.6 Å². The van der Waals surface area contributed by atoms with Crippen LogP contribution in [-0.4, -0.2) is 36.9 Å². The van der Waals surface area contributed by atoms with E-state index < -0.39 is 0 Å². The normalized spacial score (nSPS) is 10.8. The predicted molar refractivity (Wildman–Crippen MR) is 102 cm³/mol. The molecule has 0 bridgehead atoms. The number of pyridine rings is 1. The molecule has 1 aromatic carbocycles. The molecule has 0 spiro atoms. The van der Waals surface area contributed by atoms with Crippen molar-refractivity contribution in [3.63, 3.8) is 0 Å². The number of carbonyl (C=O) groups is 1. The van der Waals surface area contributed by atoms with E-state index in [1.807, 2.05) is 32.0 Å². The van der Waals surface area contributed by atoms with E-state index in [1.165, 1.54) is 24.0 Å². The van der Waals surface area contributed by atoms with Crippen molar-refractivity contribution in [3.05, 3.63) is 51.6 Å². The van der Waals surface area contributed by atoms with Crippen LogP contribution < -0.4 is 5.32 Å². The number of aryl methyl sites for hydroxylation is 2. The van der Waals surface area contributed by atoms with Crippen LogP contribution in [0.3, 0.4) is 0 Å². The zero-order valence-electron chi connectivity index (χ0n) is 13.9. The van der Waals surface area contributed by atoms with Crippen LogP contribution in [0.25, 0.3) is 5.69 Å². The zero-order chi connectivity index (χ0) is 18.7. The monoisotopic (exact) mass is 408 g/mol. The Labute approximate surface area is 164 Å². The summed E-state index contributed by atoms with van der Waals surface area (Å²) in [5.41, 5.74) is 3.00. The number of halogens is 2. The number of anilines is 1. The number of hydrogen-bond acceptors (Lipinski definition) is 6. The maximum absolute atomic E-state index is 12.2. The van der Waals surface area contributed by atoms with E-state index in [4.69, 9.17) is 23.2 Å². The van der Waals surface area contributed by atoms with Gasteiger partial charge in [-0.25, -0.2) is 4.98 Å². The lowest BCUT2D eigenvalue weighted by molar-refractivity contribution is -0.113. The maximum Gasteiger partial charge on any atom is 0.236 e. The largest absolute Gasteiger partial charge is 0.309 e. The second-order valence-corrected chi connectivity index (χ2v) is 7.27. The quantitative estimate of drug-likeness (QED) is 0.647. The fourth-order valence-corrected chi connectivity index (χ4v) is 3.28. The highest BCUT2D eigenvalue weighted by Crippen LogP contribution is 2.24. The lowest BCUT2D eigenvalue weighted by atomic mass is 10.1. The van der Waals surface area contributed by atoms with Gasteiger partial charge in [-0.15, -0.1) is 5.10 Å². The summed E-state index contributed by atoms with van der Waals surface area (Å²) >= 11 is 13.0. The summed E-state index contributed by atoms with van der Waals surface area (Å²) < 4.78 is 1.62. The van der Waals surface area contributed by atoms with Crippen molar-refractivity contribution in [2.24, 2.45) is 0 Å². The number of carbonyl (C=O) groups excluding carboxylic acids is 1. The Hall–Kier alpha value is -2.16. The molecule has 0 atom stereocenters. The first-order valence-electron chi connectivity index (χ1n) is 7.54. The Bertz CT molecular complexity index is 962. The maximum atomic E-state index is 12.2. The highest BCUT2D eigenvalue weighted by atomic mass is 35.5. The van der Waals surface area contributed by atoms with Crippen LogP contribution in [0.4, 0.5) is 5.82 Å².